The molecule has 0 atom stereocenters. The van der Waals surface area contributed by atoms with Gasteiger partial charge in [0.15, 0.2) is 12.4 Å². The molecule has 0 saturated carbocycles. The average molecular weight is 344 g/mol. The number of hydrogen-bond acceptors (Lipinski definition) is 6. The van der Waals surface area contributed by atoms with Gasteiger partial charge in [0.1, 0.15) is 0 Å². The van der Waals surface area contributed by atoms with Crippen LogP contribution >= 0.6 is 0 Å². The van der Waals surface area contributed by atoms with Crippen molar-refractivity contribution in [2.75, 3.05) is 31.1 Å². The van der Waals surface area contributed by atoms with E-state index >= 15 is 0 Å². The second kappa shape index (κ2) is 7.96. The minimum atomic E-state index is -0.188. The minimum Gasteiger partial charge on any atom is -0.466 e. The predicted molar refractivity (Wildman–Crippen MR) is 93.7 cm³/mol. The molecule has 8 nitrogen and oxygen atoms in total. The minimum absolute atomic E-state index is 0.0745. The Kier molecular flexibility index (Phi) is 5.47. The van der Waals surface area contributed by atoms with Gasteiger partial charge in [0.25, 0.3) is 5.91 Å². The maximum absolute atomic E-state index is 11.9. The van der Waals surface area contributed by atoms with Crippen molar-refractivity contribution in [3.8, 4) is 5.88 Å². The number of rotatable bonds is 7. The zero-order valence-corrected chi connectivity index (χ0v) is 14.7. The van der Waals surface area contributed by atoms with E-state index < -0.39 is 0 Å². The zero-order chi connectivity index (χ0) is 17.6. The van der Waals surface area contributed by atoms with Crippen LogP contribution in [0.25, 0.3) is 0 Å². The Labute approximate surface area is 147 Å². The molecular formula is C17H24N6O2. The van der Waals surface area contributed by atoms with Gasteiger partial charge in [-0.1, -0.05) is 0 Å². The van der Waals surface area contributed by atoms with Crippen LogP contribution in [0.4, 0.5) is 5.82 Å². The summed E-state index contributed by atoms with van der Waals surface area (Å²) < 4.78 is 7.26. The fraction of sp³-hybridized carbons (Fsp3) is 0.529. The van der Waals surface area contributed by atoms with Crippen LogP contribution in [0.1, 0.15) is 24.2 Å². The van der Waals surface area contributed by atoms with Gasteiger partial charge in [0, 0.05) is 31.4 Å². The molecule has 1 saturated heterocycles. The van der Waals surface area contributed by atoms with Gasteiger partial charge in [-0.05, 0) is 38.8 Å². The van der Waals surface area contributed by atoms with Gasteiger partial charge in [-0.2, -0.15) is 5.10 Å². The van der Waals surface area contributed by atoms with E-state index in [1.165, 1.54) is 12.8 Å². The highest BCUT2D eigenvalue weighted by atomic mass is 16.5. The number of aromatic nitrogens is 4. The summed E-state index contributed by atoms with van der Waals surface area (Å²) in [5, 5.41) is 15.4. The van der Waals surface area contributed by atoms with Crippen LogP contribution in [0.5, 0.6) is 5.88 Å². The van der Waals surface area contributed by atoms with Gasteiger partial charge < -0.3 is 15.0 Å². The van der Waals surface area contributed by atoms with E-state index in [1.54, 1.807) is 6.07 Å². The summed E-state index contributed by atoms with van der Waals surface area (Å²) in [6, 6.07) is 5.65. The summed E-state index contributed by atoms with van der Waals surface area (Å²) in [6.07, 6.45) is 2.38. The Morgan fingerprint density at radius 2 is 2.04 bits per heavy atom. The molecular weight excluding hydrogens is 320 g/mol. The van der Waals surface area contributed by atoms with E-state index in [9.17, 15) is 4.79 Å². The molecule has 1 aliphatic heterocycles. The van der Waals surface area contributed by atoms with Crippen LogP contribution in [0.15, 0.2) is 18.2 Å². The summed E-state index contributed by atoms with van der Waals surface area (Å²) in [5.41, 5.74) is 2.06. The van der Waals surface area contributed by atoms with Crippen LogP contribution < -0.4 is 15.0 Å². The molecule has 0 radical (unpaired) electrons. The Morgan fingerprint density at radius 3 is 2.68 bits per heavy atom. The maximum Gasteiger partial charge on any atom is 0.258 e. The first-order chi connectivity index (χ1) is 12.1. The Bertz CT molecular complexity index is 706. The van der Waals surface area contributed by atoms with Gasteiger partial charge in [-0.25, -0.2) is 0 Å². The van der Waals surface area contributed by atoms with Crippen molar-refractivity contribution in [1.29, 1.82) is 0 Å². The molecule has 25 heavy (non-hydrogen) atoms. The van der Waals surface area contributed by atoms with E-state index in [-0.39, 0.29) is 12.5 Å². The normalized spacial score (nSPS) is 13.9. The van der Waals surface area contributed by atoms with Gasteiger partial charge in [-0.15, -0.1) is 10.2 Å². The molecule has 0 spiro atoms. The lowest BCUT2D eigenvalue weighted by Crippen LogP contribution is -2.32. The lowest BCUT2D eigenvalue weighted by Gasteiger charge is -2.15. The fourth-order valence-corrected chi connectivity index (χ4v) is 2.90. The van der Waals surface area contributed by atoms with Gasteiger partial charge in [-0.3, -0.25) is 9.48 Å². The molecule has 1 aliphatic rings. The largest absolute Gasteiger partial charge is 0.466 e. The number of amides is 1. The molecule has 3 rings (SSSR count). The molecule has 0 aromatic carbocycles. The molecule has 134 valence electrons. The second-order valence-corrected chi connectivity index (χ2v) is 6.21. The molecule has 2 aromatic heterocycles. The highest BCUT2D eigenvalue weighted by molar-refractivity contribution is 5.77. The van der Waals surface area contributed by atoms with Crippen LogP contribution in [0, 0.1) is 13.8 Å². The van der Waals surface area contributed by atoms with Crippen molar-refractivity contribution in [3.05, 3.63) is 29.6 Å². The summed E-state index contributed by atoms with van der Waals surface area (Å²) in [6.45, 7) is 7.05. The van der Waals surface area contributed by atoms with Crippen LogP contribution in [0.3, 0.4) is 0 Å². The lowest BCUT2D eigenvalue weighted by molar-refractivity contribution is -0.123. The topological polar surface area (TPSA) is 85.2 Å². The number of nitrogens with one attached hydrogen (secondary N) is 1. The third-order valence-corrected chi connectivity index (χ3v) is 4.16. The van der Waals surface area contributed by atoms with Crippen molar-refractivity contribution in [2.45, 2.75) is 33.2 Å². The molecule has 1 fully saturated rings. The number of ether oxygens (including phenoxy) is 1. The molecule has 0 bridgehead atoms. The molecule has 2 aromatic rings. The van der Waals surface area contributed by atoms with Crippen molar-refractivity contribution >= 4 is 11.7 Å². The van der Waals surface area contributed by atoms with E-state index in [0.29, 0.717) is 19.0 Å². The van der Waals surface area contributed by atoms with Crippen molar-refractivity contribution in [1.82, 2.24) is 25.3 Å². The number of aryl methyl sites for hydroxylation is 2. The fourth-order valence-electron chi connectivity index (χ4n) is 2.90. The molecule has 1 amide bonds. The SMILES string of the molecule is Cc1cc(C)n(CCNC(=O)COc2ccc(N3CCCC3)nn2)n1. The van der Waals surface area contributed by atoms with Crippen molar-refractivity contribution < 1.29 is 9.53 Å². The first-order valence-corrected chi connectivity index (χ1v) is 8.61. The van der Waals surface area contributed by atoms with Crippen LogP contribution in [0.2, 0.25) is 0 Å². The highest BCUT2D eigenvalue weighted by Gasteiger charge is 2.14. The Hall–Kier alpha value is -2.64. The zero-order valence-electron chi connectivity index (χ0n) is 14.7. The van der Waals surface area contributed by atoms with E-state index in [0.717, 1.165) is 30.3 Å². The average Bonchev–Trinajstić information content (AvgIpc) is 3.24. The summed E-state index contributed by atoms with van der Waals surface area (Å²) >= 11 is 0. The van der Waals surface area contributed by atoms with Crippen LogP contribution in [-0.2, 0) is 11.3 Å². The summed E-state index contributed by atoms with van der Waals surface area (Å²) in [4.78, 5) is 14.0. The molecule has 3 heterocycles. The predicted octanol–water partition coefficient (Wildman–Crippen LogP) is 1.09. The number of carbonyl (C=O) groups excluding carboxylic acids is 1. The van der Waals surface area contributed by atoms with Gasteiger partial charge >= 0.3 is 0 Å². The van der Waals surface area contributed by atoms with E-state index in [1.807, 2.05) is 30.7 Å². The maximum atomic E-state index is 11.9. The second-order valence-electron chi connectivity index (χ2n) is 6.21. The first kappa shape index (κ1) is 17.2. The van der Waals surface area contributed by atoms with Crippen molar-refractivity contribution in [3.63, 3.8) is 0 Å². The Morgan fingerprint density at radius 1 is 1.24 bits per heavy atom. The molecule has 1 N–H and O–H groups in total. The standard InChI is InChI=1S/C17H24N6O2/c1-13-11-14(2)23(21-13)10-7-18-16(24)12-25-17-6-5-15(19-20-17)22-8-3-4-9-22/h5-6,11H,3-4,7-10,12H2,1-2H3,(H,18,24). The summed E-state index contributed by atoms with van der Waals surface area (Å²) in [7, 11) is 0. The smallest absolute Gasteiger partial charge is 0.258 e. The first-order valence-electron chi connectivity index (χ1n) is 8.61. The van der Waals surface area contributed by atoms with Crippen LogP contribution in [-0.4, -0.2) is 52.1 Å². The van der Waals surface area contributed by atoms with Gasteiger partial charge in [0.2, 0.25) is 5.88 Å². The molecule has 8 heteroatoms. The van der Waals surface area contributed by atoms with E-state index in [2.05, 4.69) is 25.5 Å². The van der Waals surface area contributed by atoms with Crippen molar-refractivity contribution in [2.24, 2.45) is 0 Å². The number of anilines is 1. The lowest BCUT2D eigenvalue weighted by atomic mass is 10.4. The third-order valence-electron chi connectivity index (χ3n) is 4.16. The molecule has 0 aliphatic carbocycles. The van der Waals surface area contributed by atoms with Gasteiger partial charge in [0.05, 0.1) is 12.2 Å². The number of nitrogens with zero attached hydrogens (tertiary/aromatic N) is 5. The third kappa shape index (κ3) is 4.68. The van der Waals surface area contributed by atoms with E-state index in [4.69, 9.17) is 4.74 Å². The summed E-state index contributed by atoms with van der Waals surface area (Å²) in [5.74, 6) is 1.03. The molecule has 0 unspecified atom stereocenters. The highest BCUT2D eigenvalue weighted by Crippen LogP contribution is 2.18. The quantitative estimate of drug-likeness (QED) is 0.809. The monoisotopic (exact) mass is 344 g/mol. The number of carbonyl (C=O) groups is 1. The Balaban J connectivity index is 1.39. The number of hydrogen-bond donors (Lipinski definition) is 1.